The van der Waals surface area contributed by atoms with Crippen molar-refractivity contribution in [3.63, 3.8) is 0 Å². The Morgan fingerprint density at radius 3 is 2.21 bits per heavy atom. The summed E-state index contributed by atoms with van der Waals surface area (Å²) in [6, 6.07) is 16.1. The van der Waals surface area contributed by atoms with Crippen LogP contribution in [0.15, 0.2) is 59.5 Å². The maximum Gasteiger partial charge on any atom is 0.243 e. The van der Waals surface area contributed by atoms with E-state index < -0.39 is 16.1 Å². The molecule has 0 bridgehead atoms. The molecule has 2 aromatic carbocycles. The van der Waals surface area contributed by atoms with Gasteiger partial charge in [-0.15, -0.1) is 0 Å². The normalized spacial score (nSPS) is 16.2. The molecule has 1 atom stereocenters. The van der Waals surface area contributed by atoms with Crippen molar-refractivity contribution in [3.05, 3.63) is 65.7 Å². The summed E-state index contributed by atoms with van der Waals surface area (Å²) < 4.78 is 27.3. The van der Waals surface area contributed by atoms with E-state index in [1.165, 1.54) is 4.31 Å². The minimum Gasteiger partial charge on any atom is -0.354 e. The van der Waals surface area contributed by atoms with Gasteiger partial charge in [0.1, 0.15) is 6.04 Å². The fourth-order valence-electron chi connectivity index (χ4n) is 4.11. The third kappa shape index (κ3) is 6.67. The Balaban J connectivity index is 1.51. The van der Waals surface area contributed by atoms with Gasteiger partial charge in [0.2, 0.25) is 21.8 Å². The van der Waals surface area contributed by atoms with Crippen LogP contribution in [0.5, 0.6) is 0 Å². The van der Waals surface area contributed by atoms with E-state index in [0.717, 1.165) is 17.5 Å². The van der Waals surface area contributed by atoms with Crippen molar-refractivity contribution in [1.29, 1.82) is 0 Å². The van der Waals surface area contributed by atoms with Crippen LogP contribution in [-0.4, -0.2) is 50.2 Å². The van der Waals surface area contributed by atoms with Gasteiger partial charge in [0.15, 0.2) is 0 Å². The molecule has 1 aliphatic rings. The number of amides is 2. The third-order valence-corrected chi connectivity index (χ3v) is 8.20. The van der Waals surface area contributed by atoms with E-state index >= 15 is 0 Å². The van der Waals surface area contributed by atoms with Crippen molar-refractivity contribution in [2.75, 3.05) is 19.6 Å². The summed E-state index contributed by atoms with van der Waals surface area (Å²) in [6.45, 7) is 6.77. The fourth-order valence-corrected chi connectivity index (χ4v) is 5.58. The predicted octanol–water partition coefficient (Wildman–Crippen LogP) is 2.90. The predicted molar refractivity (Wildman–Crippen MR) is 133 cm³/mol. The van der Waals surface area contributed by atoms with Gasteiger partial charge in [0.25, 0.3) is 0 Å². The molecule has 2 N–H and O–H groups in total. The fraction of sp³-hybridized carbons (Fsp3) is 0.462. The number of sulfonamides is 1. The molecule has 7 nitrogen and oxygen atoms in total. The molecule has 0 unspecified atom stereocenters. The highest BCUT2D eigenvalue weighted by atomic mass is 32.2. The van der Waals surface area contributed by atoms with Crippen molar-refractivity contribution < 1.29 is 18.0 Å². The van der Waals surface area contributed by atoms with Crippen LogP contribution in [0.4, 0.5) is 0 Å². The number of rotatable bonds is 9. The summed E-state index contributed by atoms with van der Waals surface area (Å²) in [4.78, 5) is 25.9. The van der Waals surface area contributed by atoms with Crippen LogP contribution in [0, 0.1) is 18.8 Å². The highest BCUT2D eigenvalue weighted by molar-refractivity contribution is 7.89. The van der Waals surface area contributed by atoms with E-state index in [4.69, 9.17) is 0 Å². The lowest BCUT2D eigenvalue weighted by molar-refractivity contribution is -0.132. The standard InChI is InChI=1S/C26H35N3O4S/c1-19(2)24(26(31)27-16-13-21-7-5-4-6-8-21)28-25(30)22-14-17-29(18-15-22)34(32,33)23-11-9-20(3)10-12-23/h4-12,19,22,24H,13-18H2,1-3H3,(H,27,31)(H,28,30)/t24-/m0/s1. The summed E-state index contributed by atoms with van der Waals surface area (Å²) in [5, 5.41) is 5.84. The second-order valence-corrected chi connectivity index (χ2v) is 11.2. The average Bonchev–Trinajstić information content (AvgIpc) is 2.83. The van der Waals surface area contributed by atoms with Crippen molar-refractivity contribution in [1.82, 2.24) is 14.9 Å². The molecule has 1 fully saturated rings. The summed E-state index contributed by atoms with van der Waals surface area (Å²) in [5.41, 5.74) is 2.14. The summed E-state index contributed by atoms with van der Waals surface area (Å²) in [6.07, 6.45) is 1.58. The topological polar surface area (TPSA) is 95.6 Å². The van der Waals surface area contributed by atoms with E-state index in [1.54, 1.807) is 24.3 Å². The number of aryl methyl sites for hydroxylation is 1. The van der Waals surface area contributed by atoms with Gasteiger partial charge in [-0.05, 0) is 49.8 Å². The molecule has 1 aliphatic heterocycles. The number of benzene rings is 2. The zero-order valence-corrected chi connectivity index (χ0v) is 21.0. The Morgan fingerprint density at radius 1 is 1.00 bits per heavy atom. The van der Waals surface area contributed by atoms with Crippen molar-refractivity contribution in [2.24, 2.45) is 11.8 Å². The molecule has 3 rings (SSSR count). The lowest BCUT2D eigenvalue weighted by Gasteiger charge is -2.32. The van der Waals surface area contributed by atoms with Crippen LogP contribution in [0.1, 0.15) is 37.8 Å². The van der Waals surface area contributed by atoms with Gasteiger partial charge in [0, 0.05) is 25.6 Å². The first-order valence-corrected chi connectivity index (χ1v) is 13.3. The molecular formula is C26H35N3O4S. The lowest BCUT2D eigenvalue weighted by Crippen LogP contribution is -2.52. The quantitative estimate of drug-likeness (QED) is 0.571. The first-order valence-electron chi connectivity index (χ1n) is 11.9. The van der Waals surface area contributed by atoms with E-state index in [9.17, 15) is 18.0 Å². The Labute approximate surface area is 203 Å². The van der Waals surface area contributed by atoms with Gasteiger partial charge in [0.05, 0.1) is 4.90 Å². The number of hydrogen-bond acceptors (Lipinski definition) is 4. The van der Waals surface area contributed by atoms with Gasteiger partial charge in [-0.2, -0.15) is 4.31 Å². The van der Waals surface area contributed by atoms with Gasteiger partial charge in [-0.25, -0.2) is 8.42 Å². The number of hydrogen-bond donors (Lipinski definition) is 2. The number of carbonyl (C=O) groups excluding carboxylic acids is 2. The highest BCUT2D eigenvalue weighted by Gasteiger charge is 2.34. The average molecular weight is 486 g/mol. The number of nitrogens with zero attached hydrogens (tertiary/aromatic N) is 1. The lowest BCUT2D eigenvalue weighted by atomic mass is 9.95. The van der Waals surface area contributed by atoms with Gasteiger partial charge < -0.3 is 10.6 Å². The van der Waals surface area contributed by atoms with Crippen molar-refractivity contribution >= 4 is 21.8 Å². The maximum atomic E-state index is 12.9. The Hall–Kier alpha value is -2.71. The second kappa shape index (κ2) is 11.6. The van der Waals surface area contributed by atoms with E-state index in [-0.39, 0.29) is 41.6 Å². The van der Waals surface area contributed by atoms with Gasteiger partial charge >= 0.3 is 0 Å². The molecule has 1 saturated heterocycles. The Kier molecular flexibility index (Phi) is 8.85. The molecule has 0 spiro atoms. The third-order valence-electron chi connectivity index (χ3n) is 6.29. The van der Waals surface area contributed by atoms with Gasteiger partial charge in [-0.1, -0.05) is 61.9 Å². The first kappa shape index (κ1) is 25.9. The number of nitrogens with one attached hydrogen (secondary N) is 2. The molecular weight excluding hydrogens is 450 g/mol. The minimum absolute atomic E-state index is 0.0670. The van der Waals surface area contributed by atoms with Crippen LogP contribution < -0.4 is 10.6 Å². The molecule has 0 radical (unpaired) electrons. The van der Waals surface area contributed by atoms with Crippen molar-refractivity contribution in [3.8, 4) is 0 Å². The smallest absolute Gasteiger partial charge is 0.243 e. The molecule has 2 amide bonds. The highest BCUT2D eigenvalue weighted by Crippen LogP contribution is 2.24. The van der Waals surface area contributed by atoms with Gasteiger partial charge in [-0.3, -0.25) is 9.59 Å². The number of carbonyl (C=O) groups is 2. The molecule has 2 aromatic rings. The largest absolute Gasteiger partial charge is 0.354 e. The summed E-state index contributed by atoms with van der Waals surface area (Å²) in [5.74, 6) is -0.770. The SMILES string of the molecule is Cc1ccc(S(=O)(=O)N2CCC(C(=O)N[C@H](C(=O)NCCc3ccccc3)C(C)C)CC2)cc1. The van der Waals surface area contributed by atoms with Crippen LogP contribution in [0.25, 0.3) is 0 Å². The van der Waals surface area contributed by atoms with Crippen LogP contribution in [-0.2, 0) is 26.0 Å². The van der Waals surface area contributed by atoms with Crippen LogP contribution in [0.2, 0.25) is 0 Å². The zero-order valence-electron chi connectivity index (χ0n) is 20.2. The minimum atomic E-state index is -3.57. The van der Waals surface area contributed by atoms with E-state index in [0.29, 0.717) is 19.4 Å². The zero-order chi connectivity index (χ0) is 24.7. The molecule has 184 valence electrons. The molecule has 0 saturated carbocycles. The van der Waals surface area contributed by atoms with Crippen LogP contribution >= 0.6 is 0 Å². The van der Waals surface area contributed by atoms with Crippen LogP contribution in [0.3, 0.4) is 0 Å². The summed E-state index contributed by atoms with van der Waals surface area (Å²) >= 11 is 0. The molecule has 0 aliphatic carbocycles. The number of piperidine rings is 1. The maximum absolute atomic E-state index is 12.9. The molecule has 1 heterocycles. The van der Waals surface area contributed by atoms with E-state index in [1.807, 2.05) is 51.1 Å². The molecule has 8 heteroatoms. The second-order valence-electron chi connectivity index (χ2n) is 9.25. The van der Waals surface area contributed by atoms with E-state index in [2.05, 4.69) is 10.6 Å². The Morgan fingerprint density at radius 2 is 1.62 bits per heavy atom. The molecule has 34 heavy (non-hydrogen) atoms. The summed E-state index contributed by atoms with van der Waals surface area (Å²) in [7, 11) is -3.57. The Bertz CT molecular complexity index is 1060. The first-order chi connectivity index (χ1) is 16.2. The monoisotopic (exact) mass is 485 g/mol. The van der Waals surface area contributed by atoms with Crippen molar-refractivity contribution in [2.45, 2.75) is 51.0 Å². The molecule has 0 aromatic heterocycles.